The molecule has 2 rings (SSSR count). The number of rotatable bonds is 7. The molecule has 1 saturated heterocycles. The Morgan fingerprint density at radius 3 is 2.91 bits per heavy atom. The van der Waals surface area contributed by atoms with E-state index in [-0.39, 0.29) is 0 Å². The molecule has 7 heteroatoms. The molecule has 2 heterocycles. The van der Waals surface area contributed by atoms with Crippen LogP contribution in [-0.2, 0) is 4.74 Å². The Kier molecular flexibility index (Phi) is 6.67. The normalized spacial score (nSPS) is 19.5. The van der Waals surface area contributed by atoms with Gasteiger partial charge in [0.25, 0.3) is 0 Å². The first-order valence-corrected chi connectivity index (χ1v) is 8.25. The zero-order valence-electron chi connectivity index (χ0n) is 13.7. The van der Waals surface area contributed by atoms with Crippen LogP contribution in [0.1, 0.15) is 19.8 Å². The minimum Gasteiger partial charge on any atom is -0.383 e. The lowest BCUT2D eigenvalue weighted by Gasteiger charge is -2.42. The topological polar surface area (TPSA) is 53.5 Å². The third-order valence-corrected chi connectivity index (χ3v) is 4.43. The van der Waals surface area contributed by atoms with Crippen LogP contribution in [-0.4, -0.2) is 67.9 Å². The molecule has 0 saturated carbocycles. The summed E-state index contributed by atoms with van der Waals surface area (Å²) in [5, 5.41) is 3.59. The van der Waals surface area contributed by atoms with Crippen LogP contribution in [0.4, 0.5) is 11.5 Å². The molecule has 22 heavy (non-hydrogen) atoms. The van der Waals surface area contributed by atoms with Crippen LogP contribution in [0.3, 0.4) is 0 Å². The largest absolute Gasteiger partial charge is 0.383 e. The molecule has 1 aliphatic heterocycles. The maximum Gasteiger partial charge on any atom is 0.157 e. The fourth-order valence-electron chi connectivity index (χ4n) is 3.01. The summed E-state index contributed by atoms with van der Waals surface area (Å²) < 4.78 is 5.23. The Balaban J connectivity index is 2.13. The molecule has 124 valence electrons. The Bertz CT molecular complexity index is 473. The van der Waals surface area contributed by atoms with Crippen LogP contribution in [0.2, 0.25) is 5.15 Å². The second-order valence-electron chi connectivity index (χ2n) is 5.53. The van der Waals surface area contributed by atoms with Crippen molar-refractivity contribution in [3.63, 3.8) is 0 Å². The Morgan fingerprint density at radius 1 is 1.41 bits per heavy atom. The van der Waals surface area contributed by atoms with Gasteiger partial charge in [0.15, 0.2) is 11.0 Å². The first kappa shape index (κ1) is 17.2. The van der Waals surface area contributed by atoms with Crippen molar-refractivity contribution in [2.24, 2.45) is 0 Å². The van der Waals surface area contributed by atoms with Crippen molar-refractivity contribution < 1.29 is 4.74 Å². The smallest absolute Gasteiger partial charge is 0.157 e. The molecule has 0 aliphatic carbocycles. The summed E-state index contributed by atoms with van der Waals surface area (Å²) in [5.41, 5.74) is 0.810. The van der Waals surface area contributed by atoms with E-state index in [1.807, 2.05) is 7.05 Å². The Morgan fingerprint density at radius 2 is 2.23 bits per heavy atom. The van der Waals surface area contributed by atoms with Gasteiger partial charge in [-0.2, -0.15) is 0 Å². The SMILES string of the molecule is CCCC1CN(c2ncnc(Cl)c2NC)CCN1CCOC. The highest BCUT2D eigenvalue weighted by Gasteiger charge is 2.28. The van der Waals surface area contributed by atoms with E-state index in [1.54, 1.807) is 7.11 Å². The molecule has 1 atom stereocenters. The number of nitrogens with zero attached hydrogens (tertiary/aromatic N) is 4. The van der Waals surface area contributed by atoms with Gasteiger partial charge in [-0.1, -0.05) is 24.9 Å². The minimum absolute atomic E-state index is 0.473. The lowest BCUT2D eigenvalue weighted by Crippen LogP contribution is -2.54. The molecule has 1 aromatic heterocycles. The number of nitrogens with one attached hydrogen (secondary N) is 1. The molecule has 0 spiro atoms. The van der Waals surface area contributed by atoms with Gasteiger partial charge in [0.2, 0.25) is 0 Å². The number of piperazine rings is 1. The predicted octanol–water partition coefficient (Wildman–Crippen LogP) is 2.11. The third-order valence-electron chi connectivity index (χ3n) is 4.14. The van der Waals surface area contributed by atoms with Gasteiger partial charge in [0.05, 0.1) is 6.61 Å². The summed E-state index contributed by atoms with van der Waals surface area (Å²) in [5.74, 6) is 0.898. The van der Waals surface area contributed by atoms with Crippen LogP contribution in [0, 0.1) is 0 Å². The summed E-state index contributed by atoms with van der Waals surface area (Å²) >= 11 is 6.18. The molecule has 1 fully saturated rings. The minimum atomic E-state index is 0.473. The second-order valence-corrected chi connectivity index (χ2v) is 5.89. The van der Waals surface area contributed by atoms with Crippen LogP contribution in [0.25, 0.3) is 0 Å². The highest BCUT2D eigenvalue weighted by Crippen LogP contribution is 2.30. The van der Waals surface area contributed by atoms with Gasteiger partial charge in [-0.3, -0.25) is 4.90 Å². The number of halogens is 1. The van der Waals surface area contributed by atoms with E-state index < -0.39 is 0 Å². The number of hydrogen-bond acceptors (Lipinski definition) is 6. The highest BCUT2D eigenvalue weighted by molar-refractivity contribution is 6.32. The van der Waals surface area contributed by atoms with E-state index in [0.29, 0.717) is 11.2 Å². The molecule has 1 unspecified atom stereocenters. The van der Waals surface area contributed by atoms with Crippen LogP contribution in [0.15, 0.2) is 6.33 Å². The van der Waals surface area contributed by atoms with E-state index in [0.717, 1.165) is 44.3 Å². The van der Waals surface area contributed by atoms with Gasteiger partial charge < -0.3 is 15.0 Å². The van der Waals surface area contributed by atoms with E-state index in [4.69, 9.17) is 16.3 Å². The summed E-state index contributed by atoms with van der Waals surface area (Å²) in [6.45, 7) is 6.90. The molecule has 6 nitrogen and oxygen atoms in total. The van der Waals surface area contributed by atoms with Crippen molar-refractivity contribution in [3.8, 4) is 0 Å². The molecule has 1 aromatic rings. The van der Waals surface area contributed by atoms with Gasteiger partial charge in [0, 0.05) is 46.4 Å². The highest BCUT2D eigenvalue weighted by atomic mass is 35.5. The number of ether oxygens (including phenoxy) is 1. The average molecular weight is 328 g/mol. The summed E-state index contributed by atoms with van der Waals surface area (Å²) in [6.07, 6.45) is 3.88. The van der Waals surface area contributed by atoms with Crippen molar-refractivity contribution >= 4 is 23.1 Å². The van der Waals surface area contributed by atoms with Gasteiger partial charge >= 0.3 is 0 Å². The summed E-state index contributed by atoms with van der Waals surface area (Å²) in [7, 11) is 3.61. The lowest BCUT2D eigenvalue weighted by molar-refractivity contribution is 0.107. The van der Waals surface area contributed by atoms with Gasteiger partial charge in [-0.15, -0.1) is 0 Å². The summed E-state index contributed by atoms with van der Waals surface area (Å²) in [6, 6.07) is 0.521. The molecule has 0 radical (unpaired) electrons. The fourth-order valence-corrected chi connectivity index (χ4v) is 3.23. The summed E-state index contributed by atoms with van der Waals surface area (Å²) in [4.78, 5) is 13.3. The van der Waals surface area contributed by atoms with Crippen molar-refractivity contribution in [1.29, 1.82) is 0 Å². The average Bonchev–Trinajstić information content (AvgIpc) is 2.53. The van der Waals surface area contributed by atoms with Crippen molar-refractivity contribution in [3.05, 3.63) is 11.5 Å². The first-order valence-electron chi connectivity index (χ1n) is 7.87. The third kappa shape index (κ3) is 4.00. The number of methoxy groups -OCH3 is 1. The Hall–Kier alpha value is -1.11. The number of anilines is 2. The van der Waals surface area contributed by atoms with E-state index >= 15 is 0 Å². The molecule has 1 aliphatic rings. The number of aromatic nitrogens is 2. The first-order chi connectivity index (χ1) is 10.7. The maximum absolute atomic E-state index is 6.18. The monoisotopic (exact) mass is 327 g/mol. The number of hydrogen-bond donors (Lipinski definition) is 1. The van der Waals surface area contributed by atoms with Gasteiger partial charge in [-0.05, 0) is 6.42 Å². The molecule has 1 N–H and O–H groups in total. The predicted molar refractivity (Wildman–Crippen MR) is 90.9 cm³/mol. The standard InChI is InChI=1S/C15H26ClN5O/c1-4-5-12-10-21(7-6-20(12)8-9-22-3)15-13(17-2)14(16)18-11-19-15/h11-12,17H,4-10H2,1-3H3. The lowest BCUT2D eigenvalue weighted by atomic mass is 10.1. The fraction of sp³-hybridized carbons (Fsp3) is 0.733. The van der Waals surface area contributed by atoms with E-state index in [9.17, 15) is 0 Å². The molecule has 0 aromatic carbocycles. The van der Waals surface area contributed by atoms with E-state index in [1.165, 1.54) is 19.2 Å². The van der Waals surface area contributed by atoms with Gasteiger partial charge in [-0.25, -0.2) is 9.97 Å². The quantitative estimate of drug-likeness (QED) is 0.774. The maximum atomic E-state index is 6.18. The van der Waals surface area contributed by atoms with Crippen LogP contribution < -0.4 is 10.2 Å². The molecule has 0 amide bonds. The van der Waals surface area contributed by atoms with E-state index in [2.05, 4.69) is 32.0 Å². The molecular weight excluding hydrogens is 302 g/mol. The van der Waals surface area contributed by atoms with Crippen molar-refractivity contribution in [2.75, 3.05) is 57.2 Å². The van der Waals surface area contributed by atoms with Crippen LogP contribution in [0.5, 0.6) is 0 Å². The second kappa shape index (κ2) is 8.50. The van der Waals surface area contributed by atoms with Crippen molar-refractivity contribution in [2.45, 2.75) is 25.8 Å². The van der Waals surface area contributed by atoms with Crippen molar-refractivity contribution in [1.82, 2.24) is 14.9 Å². The zero-order valence-corrected chi connectivity index (χ0v) is 14.4. The zero-order chi connectivity index (χ0) is 15.9. The Labute approximate surface area is 137 Å². The molecule has 0 bridgehead atoms. The van der Waals surface area contributed by atoms with Crippen LogP contribution >= 0.6 is 11.6 Å². The molecular formula is C15H26ClN5O. The van der Waals surface area contributed by atoms with Gasteiger partial charge in [0.1, 0.15) is 12.0 Å².